The van der Waals surface area contributed by atoms with Crippen LogP contribution in [0.3, 0.4) is 0 Å². The lowest BCUT2D eigenvalue weighted by Gasteiger charge is -2.43. The van der Waals surface area contributed by atoms with Gasteiger partial charge in [0.05, 0.1) is 0 Å². The molecule has 2 aliphatic rings. The van der Waals surface area contributed by atoms with E-state index in [0.29, 0.717) is 26.1 Å². The minimum absolute atomic E-state index is 0.0244. The number of para-hydroxylation sites is 1. The zero-order valence-corrected chi connectivity index (χ0v) is 23.7. The van der Waals surface area contributed by atoms with Gasteiger partial charge in [0.25, 0.3) is 5.56 Å². The highest BCUT2D eigenvalue weighted by Crippen LogP contribution is 2.35. The molecular formula is C31H35N5O3S. The summed E-state index contributed by atoms with van der Waals surface area (Å²) in [6.45, 7) is 4.75. The van der Waals surface area contributed by atoms with E-state index in [1.807, 2.05) is 46.1 Å². The third-order valence-electron chi connectivity index (χ3n) is 8.35. The van der Waals surface area contributed by atoms with Crippen LogP contribution in [-0.2, 0) is 17.9 Å². The molecule has 0 saturated carbocycles. The third-order valence-corrected chi connectivity index (χ3v) is 8.99. The SMILES string of the molecule is CCn1c2ccccc2c2cc(NC(=O)[C@H](CCSC)NC(=O)N3C[C@H]4C[C@@H](C3)c3cccc(=O)n3C4)ccc21. The third kappa shape index (κ3) is 4.87. The van der Waals surface area contributed by atoms with Gasteiger partial charge in [-0.25, -0.2) is 4.79 Å². The van der Waals surface area contributed by atoms with Crippen LogP contribution in [0.5, 0.6) is 0 Å². The van der Waals surface area contributed by atoms with Crippen molar-refractivity contribution in [3.8, 4) is 0 Å². The second kappa shape index (κ2) is 11.0. The molecule has 2 aromatic heterocycles. The molecule has 0 radical (unpaired) electrons. The van der Waals surface area contributed by atoms with Gasteiger partial charge in [0.1, 0.15) is 6.04 Å². The highest BCUT2D eigenvalue weighted by Gasteiger charge is 2.37. The number of pyridine rings is 1. The smallest absolute Gasteiger partial charge is 0.318 e. The van der Waals surface area contributed by atoms with Crippen molar-refractivity contribution in [2.45, 2.75) is 44.8 Å². The summed E-state index contributed by atoms with van der Waals surface area (Å²) in [6, 6.07) is 18.9. The molecule has 3 amide bonds. The van der Waals surface area contributed by atoms with E-state index in [9.17, 15) is 14.4 Å². The molecule has 0 spiro atoms. The number of nitrogens with one attached hydrogen (secondary N) is 2. The fourth-order valence-corrected chi connectivity index (χ4v) is 6.98. The summed E-state index contributed by atoms with van der Waals surface area (Å²) in [7, 11) is 0. The molecule has 9 heteroatoms. The Morgan fingerprint density at radius 2 is 1.82 bits per heavy atom. The number of rotatable bonds is 7. The van der Waals surface area contributed by atoms with Gasteiger partial charge in [-0.05, 0) is 68.0 Å². The van der Waals surface area contributed by atoms with Crippen molar-refractivity contribution in [1.29, 1.82) is 0 Å². The minimum Gasteiger partial charge on any atom is -0.341 e. The maximum atomic E-state index is 13.5. The number of piperidine rings is 1. The molecule has 4 heterocycles. The van der Waals surface area contributed by atoms with Crippen LogP contribution in [0.1, 0.15) is 31.4 Å². The molecule has 1 fully saturated rings. The second-order valence-corrected chi connectivity index (χ2v) is 11.9. The molecule has 1 saturated heterocycles. The topological polar surface area (TPSA) is 88.4 Å². The number of urea groups is 1. The number of anilines is 1. The Morgan fingerprint density at radius 3 is 2.65 bits per heavy atom. The van der Waals surface area contributed by atoms with E-state index >= 15 is 0 Å². The number of likely N-dealkylation sites (tertiary alicyclic amines) is 1. The molecule has 40 heavy (non-hydrogen) atoms. The predicted octanol–water partition coefficient (Wildman–Crippen LogP) is 4.87. The van der Waals surface area contributed by atoms with Crippen molar-refractivity contribution < 1.29 is 9.59 Å². The fourth-order valence-electron chi connectivity index (χ4n) is 6.51. The van der Waals surface area contributed by atoms with E-state index in [-0.39, 0.29) is 29.3 Å². The first-order valence-electron chi connectivity index (χ1n) is 14.0. The predicted molar refractivity (Wildman–Crippen MR) is 162 cm³/mol. The first-order chi connectivity index (χ1) is 19.5. The second-order valence-electron chi connectivity index (χ2n) is 10.9. The van der Waals surface area contributed by atoms with Crippen LogP contribution in [0.25, 0.3) is 21.8 Å². The number of carbonyl (C=O) groups is 2. The quantitative estimate of drug-likeness (QED) is 0.340. The van der Waals surface area contributed by atoms with Crippen molar-refractivity contribution in [2.24, 2.45) is 5.92 Å². The largest absolute Gasteiger partial charge is 0.341 e. The summed E-state index contributed by atoms with van der Waals surface area (Å²) in [5.74, 6) is 0.897. The Hall–Kier alpha value is -3.72. The van der Waals surface area contributed by atoms with Crippen LogP contribution in [0, 0.1) is 5.92 Å². The molecule has 6 rings (SSSR count). The maximum Gasteiger partial charge on any atom is 0.318 e. The van der Waals surface area contributed by atoms with Gasteiger partial charge in [0, 0.05) is 71.4 Å². The number of aryl methyl sites for hydroxylation is 1. The van der Waals surface area contributed by atoms with E-state index < -0.39 is 6.04 Å². The van der Waals surface area contributed by atoms with E-state index in [1.165, 1.54) is 5.52 Å². The molecular weight excluding hydrogens is 522 g/mol. The number of benzene rings is 2. The Kier molecular flexibility index (Phi) is 7.31. The Bertz CT molecular complexity index is 1640. The number of hydrogen-bond acceptors (Lipinski definition) is 4. The summed E-state index contributed by atoms with van der Waals surface area (Å²) in [4.78, 5) is 41.1. The van der Waals surface area contributed by atoms with Gasteiger partial charge >= 0.3 is 6.03 Å². The van der Waals surface area contributed by atoms with Crippen LogP contribution in [0.15, 0.2) is 65.5 Å². The molecule has 2 aliphatic heterocycles. The molecule has 208 valence electrons. The van der Waals surface area contributed by atoms with E-state index in [1.54, 1.807) is 23.9 Å². The fraction of sp³-hybridized carbons (Fsp3) is 0.387. The zero-order valence-electron chi connectivity index (χ0n) is 22.9. The Labute approximate surface area is 237 Å². The van der Waals surface area contributed by atoms with E-state index in [2.05, 4.69) is 40.3 Å². The van der Waals surface area contributed by atoms with Gasteiger partial charge in [-0.2, -0.15) is 11.8 Å². The number of carbonyl (C=O) groups excluding carboxylic acids is 2. The monoisotopic (exact) mass is 557 g/mol. The molecule has 2 N–H and O–H groups in total. The Balaban J connectivity index is 1.19. The first-order valence-corrected chi connectivity index (χ1v) is 15.4. The van der Waals surface area contributed by atoms with Crippen molar-refractivity contribution in [1.82, 2.24) is 19.4 Å². The van der Waals surface area contributed by atoms with Gasteiger partial charge in [-0.15, -0.1) is 0 Å². The molecule has 4 aromatic rings. The minimum atomic E-state index is -0.649. The first kappa shape index (κ1) is 26.5. The van der Waals surface area contributed by atoms with Crippen molar-refractivity contribution in [3.05, 3.63) is 76.7 Å². The maximum absolute atomic E-state index is 13.5. The van der Waals surface area contributed by atoms with Crippen molar-refractivity contribution >= 4 is 51.2 Å². The van der Waals surface area contributed by atoms with Crippen molar-refractivity contribution in [3.63, 3.8) is 0 Å². The lowest BCUT2D eigenvalue weighted by Crippen LogP contribution is -2.55. The summed E-state index contributed by atoms with van der Waals surface area (Å²) in [5.41, 5.74) is 4.05. The van der Waals surface area contributed by atoms with Crippen LogP contribution in [0.2, 0.25) is 0 Å². The molecule has 2 bridgehead atoms. The van der Waals surface area contributed by atoms with Crippen molar-refractivity contribution in [2.75, 3.05) is 30.4 Å². The molecule has 2 aromatic carbocycles. The molecule has 8 nitrogen and oxygen atoms in total. The standard InChI is InChI=1S/C31H35N5O3S/c1-3-35-27-8-5-4-7-23(27)24-16-22(11-12-28(24)35)32-30(38)25(13-14-40-2)33-31(39)34-17-20-15-21(19-34)26-9-6-10-29(37)36(26)18-20/h4-12,16,20-21,25H,3,13-15,17-19H2,1-2H3,(H,32,38)(H,33,39)/t20-,21+,25+/m1/s1. The summed E-state index contributed by atoms with van der Waals surface area (Å²) in [5, 5.41) is 8.36. The van der Waals surface area contributed by atoms with E-state index in [4.69, 9.17) is 0 Å². The van der Waals surface area contributed by atoms with Gasteiger partial charge in [0.2, 0.25) is 5.91 Å². The normalized spacial score (nSPS) is 18.9. The van der Waals surface area contributed by atoms with Crippen LogP contribution in [0.4, 0.5) is 10.5 Å². The number of hydrogen-bond donors (Lipinski definition) is 2. The van der Waals surface area contributed by atoms with E-state index in [0.717, 1.165) is 46.4 Å². The van der Waals surface area contributed by atoms with Gasteiger partial charge < -0.3 is 24.7 Å². The lowest BCUT2D eigenvalue weighted by atomic mass is 9.83. The number of aromatic nitrogens is 2. The molecule has 0 aliphatic carbocycles. The summed E-state index contributed by atoms with van der Waals surface area (Å²) >= 11 is 1.65. The number of amides is 3. The van der Waals surface area contributed by atoms with Gasteiger partial charge in [0.15, 0.2) is 0 Å². The summed E-state index contributed by atoms with van der Waals surface area (Å²) in [6.07, 6.45) is 3.51. The highest BCUT2D eigenvalue weighted by molar-refractivity contribution is 7.98. The summed E-state index contributed by atoms with van der Waals surface area (Å²) < 4.78 is 4.14. The van der Waals surface area contributed by atoms with Crippen LogP contribution >= 0.6 is 11.8 Å². The Morgan fingerprint density at radius 1 is 1.00 bits per heavy atom. The average Bonchev–Trinajstić information content (AvgIpc) is 3.28. The van der Waals surface area contributed by atoms with Crippen LogP contribution in [-0.4, -0.2) is 57.1 Å². The number of thioether (sulfide) groups is 1. The van der Waals surface area contributed by atoms with Gasteiger partial charge in [-0.3, -0.25) is 9.59 Å². The molecule has 3 atom stereocenters. The van der Waals surface area contributed by atoms with Crippen LogP contribution < -0.4 is 16.2 Å². The number of fused-ring (bicyclic) bond motifs is 7. The molecule has 0 unspecified atom stereocenters. The zero-order chi connectivity index (χ0) is 27.8. The lowest BCUT2D eigenvalue weighted by molar-refractivity contribution is -0.118. The average molecular weight is 558 g/mol. The number of nitrogens with zero attached hydrogens (tertiary/aromatic N) is 3. The highest BCUT2D eigenvalue weighted by atomic mass is 32.2. The van der Waals surface area contributed by atoms with Gasteiger partial charge in [-0.1, -0.05) is 24.3 Å².